The van der Waals surface area contributed by atoms with E-state index in [1.165, 1.54) is 38.5 Å². The number of nitrogens with zero attached hydrogens (tertiary/aromatic N) is 2. The Hall–Kier alpha value is -2.96. The van der Waals surface area contributed by atoms with Crippen LogP contribution in [0.4, 0.5) is 0 Å². The van der Waals surface area contributed by atoms with E-state index in [2.05, 4.69) is 64.0 Å². The minimum atomic E-state index is -0.610. The summed E-state index contributed by atoms with van der Waals surface area (Å²) in [4.78, 5) is 29.3. The highest BCUT2D eigenvalue weighted by atomic mass is 16.5. The summed E-state index contributed by atoms with van der Waals surface area (Å²) in [5.74, 6) is 0.821. The van der Waals surface area contributed by atoms with E-state index in [0.717, 1.165) is 49.2 Å². The Morgan fingerprint density at radius 3 is 1.45 bits per heavy atom. The van der Waals surface area contributed by atoms with E-state index in [0.29, 0.717) is 23.3 Å². The van der Waals surface area contributed by atoms with Crippen LogP contribution in [0.25, 0.3) is 0 Å². The van der Waals surface area contributed by atoms with Crippen molar-refractivity contribution in [1.29, 1.82) is 0 Å². The van der Waals surface area contributed by atoms with Crippen LogP contribution in [0.1, 0.15) is 63.5 Å². The zero-order valence-electron chi connectivity index (χ0n) is 25.5. The number of carbonyl (C=O) groups excluding carboxylic acids is 2. The van der Waals surface area contributed by atoms with Crippen molar-refractivity contribution in [1.82, 2.24) is 9.80 Å². The molecule has 0 aliphatic heterocycles. The normalized spacial score (nSPS) is 13.1. The van der Waals surface area contributed by atoms with Crippen LogP contribution in [-0.2, 0) is 22.4 Å². The molecule has 0 spiro atoms. The van der Waals surface area contributed by atoms with Crippen molar-refractivity contribution in [3.8, 4) is 11.5 Å². The van der Waals surface area contributed by atoms with Crippen LogP contribution >= 0.6 is 0 Å². The molecule has 0 saturated carbocycles. The molecule has 2 aromatic rings. The second kappa shape index (κ2) is 18.4. The molecule has 0 fully saturated rings. The first-order chi connectivity index (χ1) is 19.2. The molecule has 6 nitrogen and oxygen atoms in total. The third kappa shape index (κ3) is 13.9. The quantitative estimate of drug-likeness (QED) is 0.119. The van der Waals surface area contributed by atoms with Crippen LogP contribution in [0, 0.1) is 11.8 Å². The number of hydrogen-bond donors (Lipinski definition) is 0. The van der Waals surface area contributed by atoms with Crippen molar-refractivity contribution in [2.75, 3.05) is 41.3 Å². The molecular weight excluding hydrogens is 500 g/mol. The highest BCUT2D eigenvalue weighted by Gasteiger charge is 2.13. The summed E-state index contributed by atoms with van der Waals surface area (Å²) in [5, 5.41) is 0. The highest BCUT2D eigenvalue weighted by molar-refractivity contribution is 5.93. The third-order valence-corrected chi connectivity index (χ3v) is 6.82. The fourth-order valence-corrected chi connectivity index (χ4v) is 5.11. The zero-order valence-corrected chi connectivity index (χ0v) is 25.5. The second-order valence-corrected chi connectivity index (χ2v) is 11.4. The lowest BCUT2D eigenvalue weighted by atomic mass is 9.93. The average Bonchev–Trinajstić information content (AvgIpc) is 2.89. The number of benzene rings is 2. The summed E-state index contributed by atoms with van der Waals surface area (Å²) in [6.45, 7) is 6.47. The maximum atomic E-state index is 12.4. The van der Waals surface area contributed by atoms with Crippen molar-refractivity contribution in [3.05, 3.63) is 71.8 Å². The summed E-state index contributed by atoms with van der Waals surface area (Å²) in [6, 6.07) is 15.3. The predicted molar refractivity (Wildman–Crippen MR) is 164 cm³/mol. The van der Waals surface area contributed by atoms with Gasteiger partial charge in [-0.05, 0) is 101 Å². The third-order valence-electron chi connectivity index (χ3n) is 6.82. The standard InChI is InChI=1S/C34H50N2O4/c1-7-9-13-29(25-35(3)4)21-27-15-11-17-31(23-27)39-33(37)19-20-34(38)40-32-18-12-16-28(24-32)22-30(14-10-8-2)26-36(5)6/h11-12,15-20,23-24,29-30H,7-10,13-14,21-22,25-26H2,1-6H3/b20-19-. The SMILES string of the molecule is CCCCC(Cc1cccc(OC(=O)/C=C\C(=O)Oc2cccc(CC(CCCC)CN(C)C)c2)c1)CN(C)C. The molecule has 2 aromatic carbocycles. The number of esters is 2. The van der Waals surface area contributed by atoms with Crippen LogP contribution in [-0.4, -0.2) is 63.0 Å². The van der Waals surface area contributed by atoms with E-state index in [-0.39, 0.29) is 0 Å². The van der Waals surface area contributed by atoms with Gasteiger partial charge in [-0.1, -0.05) is 63.8 Å². The molecule has 0 heterocycles. The van der Waals surface area contributed by atoms with Gasteiger partial charge in [-0.25, -0.2) is 9.59 Å². The Kier molecular flexibility index (Phi) is 15.3. The lowest BCUT2D eigenvalue weighted by Gasteiger charge is -2.21. The van der Waals surface area contributed by atoms with Gasteiger partial charge in [-0.15, -0.1) is 0 Å². The summed E-state index contributed by atoms with van der Waals surface area (Å²) in [6.07, 6.45) is 11.2. The maximum absolute atomic E-state index is 12.4. The van der Waals surface area contributed by atoms with Gasteiger partial charge in [-0.2, -0.15) is 0 Å². The number of rotatable bonds is 18. The molecule has 2 atom stereocenters. The lowest BCUT2D eigenvalue weighted by molar-refractivity contribution is -0.131. The zero-order chi connectivity index (χ0) is 29.3. The van der Waals surface area contributed by atoms with Crippen molar-refractivity contribution in [3.63, 3.8) is 0 Å². The molecule has 0 radical (unpaired) electrons. The van der Waals surface area contributed by atoms with Gasteiger partial charge in [0.05, 0.1) is 0 Å². The summed E-state index contributed by atoms with van der Waals surface area (Å²) in [7, 11) is 8.40. The largest absolute Gasteiger partial charge is 0.423 e. The first-order valence-electron chi connectivity index (χ1n) is 14.8. The van der Waals surface area contributed by atoms with E-state index in [9.17, 15) is 9.59 Å². The lowest BCUT2D eigenvalue weighted by Crippen LogP contribution is -2.23. The van der Waals surface area contributed by atoms with Gasteiger partial charge in [0.15, 0.2) is 0 Å². The average molecular weight is 551 g/mol. The Morgan fingerprint density at radius 2 is 1.10 bits per heavy atom. The molecule has 2 unspecified atom stereocenters. The summed E-state index contributed by atoms with van der Waals surface area (Å²) in [5.41, 5.74) is 2.28. The minimum Gasteiger partial charge on any atom is -0.423 e. The molecule has 0 aliphatic rings. The monoisotopic (exact) mass is 550 g/mol. The number of carbonyl (C=O) groups is 2. The van der Waals surface area contributed by atoms with E-state index < -0.39 is 11.9 Å². The molecule has 0 bridgehead atoms. The summed E-state index contributed by atoms with van der Waals surface area (Å²) >= 11 is 0. The van der Waals surface area contributed by atoms with Crippen LogP contribution in [0.2, 0.25) is 0 Å². The Bertz CT molecular complexity index is 980. The number of hydrogen-bond acceptors (Lipinski definition) is 6. The molecular formula is C34H50N2O4. The molecule has 0 N–H and O–H groups in total. The molecule has 0 amide bonds. The van der Waals surface area contributed by atoms with E-state index in [4.69, 9.17) is 9.47 Å². The molecule has 220 valence electrons. The van der Waals surface area contributed by atoms with Gasteiger partial charge < -0.3 is 19.3 Å². The van der Waals surface area contributed by atoms with Gasteiger partial charge in [0.2, 0.25) is 0 Å². The van der Waals surface area contributed by atoms with Crippen molar-refractivity contribution < 1.29 is 19.1 Å². The van der Waals surface area contributed by atoms with Crippen LogP contribution in [0.3, 0.4) is 0 Å². The molecule has 40 heavy (non-hydrogen) atoms. The predicted octanol–water partition coefficient (Wildman–Crippen LogP) is 6.57. The molecule has 0 saturated heterocycles. The number of ether oxygens (including phenoxy) is 2. The van der Waals surface area contributed by atoms with E-state index in [1.54, 1.807) is 12.1 Å². The minimum absolute atomic E-state index is 0.475. The van der Waals surface area contributed by atoms with E-state index in [1.807, 2.05) is 24.3 Å². The fourth-order valence-electron chi connectivity index (χ4n) is 5.11. The van der Waals surface area contributed by atoms with Crippen LogP contribution in [0.5, 0.6) is 11.5 Å². The highest BCUT2D eigenvalue weighted by Crippen LogP contribution is 2.22. The molecule has 6 heteroatoms. The Morgan fingerprint density at radius 1 is 0.700 bits per heavy atom. The van der Waals surface area contributed by atoms with Gasteiger partial charge in [0, 0.05) is 25.2 Å². The topological polar surface area (TPSA) is 59.1 Å². The van der Waals surface area contributed by atoms with Crippen molar-refractivity contribution in [2.24, 2.45) is 11.8 Å². The molecule has 0 aliphatic carbocycles. The Labute approximate surface area is 242 Å². The van der Waals surface area contributed by atoms with Gasteiger partial charge >= 0.3 is 11.9 Å². The smallest absolute Gasteiger partial charge is 0.336 e. The van der Waals surface area contributed by atoms with Crippen molar-refractivity contribution in [2.45, 2.75) is 65.2 Å². The van der Waals surface area contributed by atoms with E-state index >= 15 is 0 Å². The maximum Gasteiger partial charge on any atom is 0.336 e. The summed E-state index contributed by atoms with van der Waals surface area (Å²) < 4.78 is 11.0. The molecule has 0 aromatic heterocycles. The first-order valence-corrected chi connectivity index (χ1v) is 14.8. The van der Waals surface area contributed by atoms with Gasteiger partial charge in [0.25, 0.3) is 0 Å². The van der Waals surface area contributed by atoms with Gasteiger partial charge in [-0.3, -0.25) is 0 Å². The van der Waals surface area contributed by atoms with Crippen LogP contribution < -0.4 is 9.47 Å². The van der Waals surface area contributed by atoms with Gasteiger partial charge in [0.1, 0.15) is 11.5 Å². The van der Waals surface area contributed by atoms with Crippen LogP contribution in [0.15, 0.2) is 60.7 Å². The fraction of sp³-hybridized carbons (Fsp3) is 0.529. The molecule has 2 rings (SSSR count). The first kappa shape index (κ1) is 33.2. The van der Waals surface area contributed by atoms with Crippen molar-refractivity contribution >= 4 is 11.9 Å². The Balaban J connectivity index is 1.93. The number of unbranched alkanes of at least 4 members (excludes halogenated alkanes) is 2. The second-order valence-electron chi connectivity index (χ2n) is 11.4.